The lowest BCUT2D eigenvalue weighted by molar-refractivity contribution is 0.302. The second-order valence-electron chi connectivity index (χ2n) is 9.35. The highest BCUT2D eigenvalue weighted by molar-refractivity contribution is 6.31. The predicted octanol–water partition coefficient (Wildman–Crippen LogP) is 4.53. The molecule has 2 aromatic heterocycles. The van der Waals surface area contributed by atoms with Gasteiger partial charge in [0.1, 0.15) is 17.4 Å². The molecule has 2 heterocycles. The molecular weight excluding hydrogens is 483 g/mol. The molecule has 36 heavy (non-hydrogen) atoms. The van der Waals surface area contributed by atoms with Gasteiger partial charge in [0.2, 0.25) is 0 Å². The maximum atomic E-state index is 15.6. The number of nitrogens with one attached hydrogen (secondary N) is 1. The second kappa shape index (κ2) is 8.43. The summed E-state index contributed by atoms with van der Waals surface area (Å²) in [5.41, 5.74) is 8.95. The van der Waals surface area contributed by atoms with Crippen molar-refractivity contribution < 1.29 is 9.13 Å². The summed E-state index contributed by atoms with van der Waals surface area (Å²) >= 11 is 6.28. The van der Waals surface area contributed by atoms with Crippen LogP contribution in [0.1, 0.15) is 48.4 Å². The van der Waals surface area contributed by atoms with Crippen LogP contribution in [0.25, 0.3) is 33.2 Å². The van der Waals surface area contributed by atoms with Gasteiger partial charge >= 0.3 is 0 Å². The van der Waals surface area contributed by atoms with E-state index in [-0.39, 0.29) is 46.0 Å². The lowest BCUT2D eigenvalue weighted by Gasteiger charge is -2.16. The van der Waals surface area contributed by atoms with Crippen LogP contribution in [-0.2, 0) is 13.6 Å². The van der Waals surface area contributed by atoms with Crippen LogP contribution in [0.2, 0.25) is 5.02 Å². The zero-order valence-corrected chi connectivity index (χ0v) is 20.2. The third-order valence-corrected chi connectivity index (χ3v) is 7.08. The first-order chi connectivity index (χ1) is 17.4. The maximum absolute atomic E-state index is 15.6. The third-order valence-electron chi connectivity index (χ3n) is 6.81. The Labute approximate surface area is 210 Å². The summed E-state index contributed by atoms with van der Waals surface area (Å²) in [6, 6.07) is 7.27. The Morgan fingerprint density at radius 2 is 2.08 bits per heavy atom. The Balaban J connectivity index is 1.63. The van der Waals surface area contributed by atoms with Crippen molar-refractivity contribution in [3.63, 3.8) is 0 Å². The Morgan fingerprint density at radius 3 is 2.75 bits per heavy atom. The fourth-order valence-electron chi connectivity index (χ4n) is 4.75. The van der Waals surface area contributed by atoms with Crippen LogP contribution >= 0.6 is 11.6 Å². The van der Waals surface area contributed by atoms with Gasteiger partial charge in [0.25, 0.3) is 5.56 Å². The lowest BCUT2D eigenvalue weighted by Crippen LogP contribution is -2.15. The van der Waals surface area contributed by atoms with Gasteiger partial charge in [-0.25, -0.2) is 9.49 Å². The Bertz CT molecular complexity index is 1650. The molecule has 182 valence electrons. The van der Waals surface area contributed by atoms with E-state index in [2.05, 4.69) is 21.4 Å². The third kappa shape index (κ3) is 3.65. The minimum atomic E-state index is -0.717. The number of hydrogen-bond donors (Lipinski definition) is 2. The summed E-state index contributed by atoms with van der Waals surface area (Å²) in [6.45, 7) is 0.143. The van der Waals surface area contributed by atoms with Crippen LogP contribution < -0.4 is 16.0 Å². The van der Waals surface area contributed by atoms with Crippen molar-refractivity contribution in [1.82, 2.24) is 20.0 Å². The van der Waals surface area contributed by atoms with Gasteiger partial charge in [0.05, 0.1) is 39.7 Å². The summed E-state index contributed by atoms with van der Waals surface area (Å²) in [7, 11) is 1.68. The van der Waals surface area contributed by atoms with Crippen molar-refractivity contribution in [1.29, 1.82) is 5.26 Å². The standard InChI is InChI=1S/C26H22ClFN6O2/c1-34-25(23-17(9-29)21(36-14-4-5-14)8-19(27)24(23)28)18(11-31-34)13-6-15(12-2-3-12)22-16(7-13)20(10-30)32-33-26(22)35/h6-8,11-12,14H,2-5,10,30H2,1H3,(H,33,35). The van der Waals surface area contributed by atoms with Crippen molar-refractivity contribution in [3.05, 3.63) is 62.4 Å². The summed E-state index contributed by atoms with van der Waals surface area (Å²) in [4.78, 5) is 12.7. The normalized spacial score (nSPS) is 15.3. The van der Waals surface area contributed by atoms with Crippen LogP contribution in [0.15, 0.2) is 29.2 Å². The minimum Gasteiger partial charge on any atom is -0.489 e. The largest absolute Gasteiger partial charge is 0.489 e. The fraction of sp³-hybridized carbons (Fsp3) is 0.308. The van der Waals surface area contributed by atoms with Crippen molar-refractivity contribution in [3.8, 4) is 34.2 Å². The summed E-state index contributed by atoms with van der Waals surface area (Å²) < 4.78 is 23.0. The number of nitrogens with zero attached hydrogens (tertiary/aromatic N) is 4. The molecule has 0 saturated heterocycles. The Morgan fingerprint density at radius 1 is 1.31 bits per heavy atom. The molecule has 0 spiro atoms. The van der Waals surface area contributed by atoms with Gasteiger partial charge in [-0.05, 0) is 54.9 Å². The number of rotatable bonds is 6. The van der Waals surface area contributed by atoms with Gasteiger partial charge in [-0.2, -0.15) is 15.5 Å². The minimum absolute atomic E-state index is 0.000603. The number of halogens is 2. The molecule has 0 bridgehead atoms. The highest BCUT2D eigenvalue weighted by Gasteiger charge is 2.31. The molecule has 2 saturated carbocycles. The van der Waals surface area contributed by atoms with Crippen molar-refractivity contribution >= 4 is 22.4 Å². The fourth-order valence-corrected chi connectivity index (χ4v) is 4.94. The topological polar surface area (TPSA) is 123 Å². The number of nitriles is 1. The molecule has 0 radical (unpaired) electrons. The molecule has 0 aliphatic heterocycles. The number of ether oxygens (including phenoxy) is 1. The monoisotopic (exact) mass is 504 g/mol. The van der Waals surface area contributed by atoms with Crippen LogP contribution in [-0.4, -0.2) is 26.1 Å². The van der Waals surface area contributed by atoms with Crippen LogP contribution in [0, 0.1) is 17.1 Å². The molecule has 2 aromatic carbocycles. The molecule has 0 amide bonds. The van der Waals surface area contributed by atoms with Crippen molar-refractivity contribution in [2.75, 3.05) is 0 Å². The number of aromatic nitrogens is 4. The van der Waals surface area contributed by atoms with Crippen molar-refractivity contribution in [2.45, 2.75) is 44.2 Å². The summed E-state index contributed by atoms with van der Waals surface area (Å²) in [5, 5.41) is 22.2. The zero-order chi connectivity index (χ0) is 25.1. The van der Waals surface area contributed by atoms with Gasteiger partial charge in [0, 0.05) is 30.6 Å². The van der Waals surface area contributed by atoms with Gasteiger partial charge in [-0.3, -0.25) is 9.48 Å². The SMILES string of the molecule is Cn1ncc(-c2cc(C3CC3)c3c(=O)[nH]nc(CN)c3c2)c1-c1c(F)c(Cl)cc(OC2CC2)c1C#N. The average Bonchev–Trinajstić information content (AvgIpc) is 3.80. The molecule has 8 nitrogen and oxygen atoms in total. The molecule has 6 rings (SSSR count). The number of hydrogen-bond acceptors (Lipinski definition) is 6. The highest BCUT2D eigenvalue weighted by Crippen LogP contribution is 2.46. The molecule has 2 aliphatic rings. The predicted molar refractivity (Wildman–Crippen MR) is 133 cm³/mol. The van der Waals surface area contributed by atoms with E-state index in [1.807, 2.05) is 12.1 Å². The van der Waals surface area contributed by atoms with Gasteiger partial charge < -0.3 is 10.5 Å². The summed E-state index contributed by atoms with van der Waals surface area (Å²) in [6.07, 6.45) is 5.33. The molecule has 10 heteroatoms. The Hall–Kier alpha value is -3.74. The summed E-state index contributed by atoms with van der Waals surface area (Å²) in [5.74, 6) is -0.213. The van der Waals surface area contributed by atoms with Crippen LogP contribution in [0.4, 0.5) is 4.39 Å². The molecule has 4 aromatic rings. The molecule has 0 unspecified atom stereocenters. The van der Waals surface area contributed by atoms with E-state index < -0.39 is 5.82 Å². The number of aromatic amines is 1. The van der Waals surface area contributed by atoms with E-state index in [0.29, 0.717) is 27.7 Å². The van der Waals surface area contributed by atoms with Gasteiger partial charge in [-0.15, -0.1) is 0 Å². The zero-order valence-electron chi connectivity index (χ0n) is 19.4. The second-order valence-corrected chi connectivity index (χ2v) is 9.75. The number of benzene rings is 2. The van der Waals surface area contributed by atoms with E-state index in [1.165, 1.54) is 10.7 Å². The van der Waals surface area contributed by atoms with Gasteiger partial charge in [0.15, 0.2) is 5.82 Å². The molecule has 2 fully saturated rings. The first kappa shape index (κ1) is 22.7. The molecule has 3 N–H and O–H groups in total. The number of H-pyrrole nitrogens is 1. The Kier molecular flexibility index (Phi) is 5.32. The van der Waals surface area contributed by atoms with E-state index in [9.17, 15) is 10.1 Å². The molecular formula is C26H22ClFN6O2. The maximum Gasteiger partial charge on any atom is 0.272 e. The smallest absolute Gasteiger partial charge is 0.272 e. The number of aryl methyl sites for hydroxylation is 1. The van der Waals surface area contributed by atoms with Crippen molar-refractivity contribution in [2.24, 2.45) is 12.8 Å². The van der Waals surface area contributed by atoms with Crippen LogP contribution in [0.3, 0.4) is 0 Å². The quantitative estimate of drug-likeness (QED) is 0.397. The van der Waals surface area contributed by atoms with E-state index in [4.69, 9.17) is 22.1 Å². The lowest BCUT2D eigenvalue weighted by atomic mass is 9.92. The first-order valence-electron chi connectivity index (χ1n) is 11.8. The van der Waals surface area contributed by atoms with E-state index in [0.717, 1.165) is 36.8 Å². The number of fused-ring (bicyclic) bond motifs is 1. The molecule has 2 aliphatic carbocycles. The average molecular weight is 505 g/mol. The van der Waals surface area contributed by atoms with Crippen LogP contribution in [0.5, 0.6) is 5.75 Å². The highest BCUT2D eigenvalue weighted by atomic mass is 35.5. The molecule has 0 atom stereocenters. The van der Waals surface area contributed by atoms with E-state index in [1.54, 1.807) is 13.2 Å². The first-order valence-corrected chi connectivity index (χ1v) is 12.2. The number of nitrogens with two attached hydrogens (primary N) is 1. The van der Waals surface area contributed by atoms with E-state index >= 15 is 4.39 Å². The van der Waals surface area contributed by atoms with Gasteiger partial charge in [-0.1, -0.05) is 11.6 Å².